The van der Waals surface area contributed by atoms with Gasteiger partial charge in [0.1, 0.15) is 11.6 Å². The van der Waals surface area contributed by atoms with E-state index in [2.05, 4.69) is 10.2 Å². The standard InChI is InChI=1S/C18H18F2N2O/c19-14-5-8-17(16(20)12-14)21-18(23)11-13-3-6-15(7-4-13)22-9-1-2-10-22/h3-8,12H,1-2,9-11H2,(H,21,23). The fourth-order valence-electron chi connectivity index (χ4n) is 2.77. The van der Waals surface area contributed by atoms with Crippen molar-refractivity contribution < 1.29 is 13.6 Å². The van der Waals surface area contributed by atoms with Crippen LogP contribution in [0.2, 0.25) is 0 Å². The van der Waals surface area contributed by atoms with E-state index in [1.165, 1.54) is 18.9 Å². The molecule has 0 unspecified atom stereocenters. The molecular formula is C18H18F2N2O. The molecular weight excluding hydrogens is 298 g/mol. The second-order valence-electron chi connectivity index (χ2n) is 5.71. The third-order valence-corrected chi connectivity index (χ3v) is 3.98. The Morgan fingerprint density at radius 1 is 1.04 bits per heavy atom. The largest absolute Gasteiger partial charge is 0.372 e. The molecule has 2 aromatic rings. The van der Waals surface area contributed by atoms with Crippen molar-refractivity contribution in [2.75, 3.05) is 23.3 Å². The number of nitrogens with zero attached hydrogens (tertiary/aromatic N) is 1. The highest BCUT2D eigenvalue weighted by molar-refractivity contribution is 5.92. The summed E-state index contributed by atoms with van der Waals surface area (Å²) >= 11 is 0. The van der Waals surface area contributed by atoms with Crippen LogP contribution >= 0.6 is 0 Å². The molecule has 0 bridgehead atoms. The van der Waals surface area contributed by atoms with Gasteiger partial charge >= 0.3 is 0 Å². The normalized spacial score (nSPS) is 14.1. The van der Waals surface area contributed by atoms with Crippen LogP contribution in [0.5, 0.6) is 0 Å². The van der Waals surface area contributed by atoms with E-state index in [4.69, 9.17) is 0 Å². The average Bonchev–Trinajstić information content (AvgIpc) is 3.05. The van der Waals surface area contributed by atoms with Crippen LogP contribution in [0.4, 0.5) is 20.2 Å². The predicted molar refractivity (Wildman–Crippen MR) is 86.6 cm³/mol. The van der Waals surface area contributed by atoms with Crippen molar-refractivity contribution in [2.24, 2.45) is 0 Å². The van der Waals surface area contributed by atoms with Crippen molar-refractivity contribution in [1.82, 2.24) is 0 Å². The zero-order valence-corrected chi connectivity index (χ0v) is 12.7. The van der Waals surface area contributed by atoms with Gasteiger partial charge in [0.2, 0.25) is 5.91 Å². The third-order valence-electron chi connectivity index (χ3n) is 3.98. The second-order valence-corrected chi connectivity index (χ2v) is 5.71. The SMILES string of the molecule is O=C(Cc1ccc(N2CCCC2)cc1)Nc1ccc(F)cc1F. The Bertz CT molecular complexity index is 695. The van der Waals surface area contributed by atoms with Gasteiger partial charge in [0.05, 0.1) is 12.1 Å². The fraction of sp³-hybridized carbons (Fsp3) is 0.278. The Labute approximate surface area is 133 Å². The Balaban J connectivity index is 1.61. The zero-order chi connectivity index (χ0) is 16.2. The molecule has 1 fully saturated rings. The van der Waals surface area contributed by atoms with Gasteiger partial charge in [-0.3, -0.25) is 4.79 Å². The molecule has 0 radical (unpaired) electrons. The smallest absolute Gasteiger partial charge is 0.228 e. The molecule has 23 heavy (non-hydrogen) atoms. The first kappa shape index (κ1) is 15.5. The molecule has 0 atom stereocenters. The highest BCUT2D eigenvalue weighted by atomic mass is 19.1. The average molecular weight is 316 g/mol. The molecule has 3 nitrogen and oxygen atoms in total. The molecule has 3 rings (SSSR count). The van der Waals surface area contributed by atoms with E-state index in [0.717, 1.165) is 36.5 Å². The number of nitrogens with one attached hydrogen (secondary N) is 1. The van der Waals surface area contributed by atoms with Crippen LogP contribution in [0.25, 0.3) is 0 Å². The van der Waals surface area contributed by atoms with Gasteiger partial charge in [-0.15, -0.1) is 0 Å². The minimum atomic E-state index is -0.775. The van der Waals surface area contributed by atoms with Gasteiger partial charge in [0.25, 0.3) is 0 Å². The van der Waals surface area contributed by atoms with Crippen LogP contribution in [0, 0.1) is 11.6 Å². The maximum atomic E-state index is 13.5. The monoisotopic (exact) mass is 316 g/mol. The number of rotatable bonds is 4. The van der Waals surface area contributed by atoms with Crippen LogP contribution < -0.4 is 10.2 Å². The van der Waals surface area contributed by atoms with Crippen LogP contribution in [-0.2, 0) is 11.2 Å². The first-order valence-electron chi connectivity index (χ1n) is 7.70. The summed E-state index contributed by atoms with van der Waals surface area (Å²) in [4.78, 5) is 14.3. The number of amides is 1. The van der Waals surface area contributed by atoms with E-state index in [1.54, 1.807) is 0 Å². The van der Waals surface area contributed by atoms with Crippen molar-refractivity contribution in [3.8, 4) is 0 Å². The Morgan fingerprint density at radius 3 is 2.39 bits per heavy atom. The lowest BCUT2D eigenvalue weighted by atomic mass is 10.1. The van der Waals surface area contributed by atoms with E-state index in [1.807, 2.05) is 24.3 Å². The maximum Gasteiger partial charge on any atom is 0.228 e. The molecule has 0 saturated carbocycles. The van der Waals surface area contributed by atoms with Gasteiger partial charge in [-0.2, -0.15) is 0 Å². The minimum absolute atomic E-state index is 0.00918. The van der Waals surface area contributed by atoms with Crippen LogP contribution in [-0.4, -0.2) is 19.0 Å². The minimum Gasteiger partial charge on any atom is -0.372 e. The van der Waals surface area contributed by atoms with Crippen LogP contribution in [0.3, 0.4) is 0 Å². The Morgan fingerprint density at radius 2 is 1.74 bits per heavy atom. The van der Waals surface area contributed by atoms with Crippen molar-refractivity contribution in [1.29, 1.82) is 0 Å². The summed E-state index contributed by atoms with van der Waals surface area (Å²) in [5.74, 6) is -1.77. The topological polar surface area (TPSA) is 32.3 Å². The lowest BCUT2D eigenvalue weighted by Gasteiger charge is -2.17. The van der Waals surface area contributed by atoms with Gasteiger partial charge in [0, 0.05) is 24.8 Å². The van der Waals surface area contributed by atoms with Gasteiger partial charge in [-0.1, -0.05) is 12.1 Å². The summed E-state index contributed by atoms with van der Waals surface area (Å²) in [6.45, 7) is 2.15. The number of anilines is 2. The number of carbonyl (C=O) groups excluding carboxylic acids is 1. The van der Waals surface area contributed by atoms with Gasteiger partial charge in [0.15, 0.2) is 0 Å². The predicted octanol–water partition coefficient (Wildman–Crippen LogP) is 3.75. The van der Waals surface area contributed by atoms with Gasteiger partial charge < -0.3 is 10.2 Å². The summed E-state index contributed by atoms with van der Waals surface area (Å²) in [5.41, 5.74) is 2.01. The fourth-order valence-corrected chi connectivity index (χ4v) is 2.77. The number of hydrogen-bond acceptors (Lipinski definition) is 2. The lowest BCUT2D eigenvalue weighted by molar-refractivity contribution is -0.115. The van der Waals surface area contributed by atoms with E-state index in [0.29, 0.717) is 0 Å². The lowest BCUT2D eigenvalue weighted by Crippen LogP contribution is -2.18. The number of hydrogen-bond donors (Lipinski definition) is 1. The van der Waals surface area contributed by atoms with Crippen molar-refractivity contribution in [2.45, 2.75) is 19.3 Å². The van der Waals surface area contributed by atoms with Gasteiger partial charge in [-0.25, -0.2) is 8.78 Å². The number of halogens is 2. The van der Waals surface area contributed by atoms with E-state index in [9.17, 15) is 13.6 Å². The summed E-state index contributed by atoms with van der Waals surface area (Å²) in [7, 11) is 0. The first-order valence-corrected chi connectivity index (χ1v) is 7.70. The van der Waals surface area contributed by atoms with Crippen LogP contribution in [0.15, 0.2) is 42.5 Å². The molecule has 1 aliphatic heterocycles. The van der Waals surface area contributed by atoms with E-state index < -0.39 is 11.6 Å². The van der Waals surface area contributed by atoms with E-state index >= 15 is 0 Å². The highest BCUT2D eigenvalue weighted by Gasteiger charge is 2.13. The molecule has 1 heterocycles. The number of benzene rings is 2. The van der Waals surface area contributed by atoms with Crippen molar-refractivity contribution >= 4 is 17.3 Å². The first-order chi connectivity index (χ1) is 11.1. The molecule has 1 amide bonds. The maximum absolute atomic E-state index is 13.5. The van der Waals surface area contributed by atoms with E-state index in [-0.39, 0.29) is 18.0 Å². The molecule has 120 valence electrons. The molecule has 2 aromatic carbocycles. The summed E-state index contributed by atoms with van der Waals surface area (Å²) in [5, 5.41) is 2.46. The molecule has 1 N–H and O–H groups in total. The third kappa shape index (κ3) is 3.86. The van der Waals surface area contributed by atoms with Crippen molar-refractivity contribution in [3.05, 3.63) is 59.7 Å². The van der Waals surface area contributed by atoms with Gasteiger partial charge in [-0.05, 0) is 42.7 Å². The quantitative estimate of drug-likeness (QED) is 0.932. The highest BCUT2D eigenvalue weighted by Crippen LogP contribution is 2.21. The number of carbonyl (C=O) groups is 1. The molecule has 0 spiro atoms. The summed E-state index contributed by atoms with van der Waals surface area (Å²) in [6, 6.07) is 10.9. The second kappa shape index (κ2) is 6.77. The molecule has 1 aliphatic rings. The van der Waals surface area contributed by atoms with Crippen molar-refractivity contribution in [3.63, 3.8) is 0 Å². The summed E-state index contributed by atoms with van der Waals surface area (Å²) < 4.78 is 26.4. The molecule has 5 heteroatoms. The van der Waals surface area contributed by atoms with Crippen LogP contribution in [0.1, 0.15) is 18.4 Å². The Hall–Kier alpha value is -2.43. The molecule has 0 aromatic heterocycles. The molecule has 0 aliphatic carbocycles. The molecule has 1 saturated heterocycles. The summed E-state index contributed by atoms with van der Waals surface area (Å²) in [6.07, 6.45) is 2.58. The Kier molecular flexibility index (Phi) is 4.55. The zero-order valence-electron chi connectivity index (χ0n) is 12.7.